The molecule has 0 atom stereocenters. The Balaban J connectivity index is 1.84. The molecular weight excluding hydrogens is 486 g/mol. The van der Waals surface area contributed by atoms with Gasteiger partial charge in [-0.15, -0.1) is 0 Å². The zero-order valence-electron chi connectivity index (χ0n) is 24.9. The molecule has 3 heteroatoms. The van der Waals surface area contributed by atoms with E-state index in [0.717, 1.165) is 28.2 Å². The summed E-state index contributed by atoms with van der Waals surface area (Å²) in [6.45, 7) is 15.6. The number of nitrogens with one attached hydrogen (secondary N) is 1. The van der Waals surface area contributed by atoms with Crippen LogP contribution in [0.2, 0.25) is 0 Å². The fourth-order valence-electron chi connectivity index (χ4n) is 4.53. The molecule has 1 N–H and O–H groups in total. The van der Waals surface area contributed by atoms with Crippen molar-refractivity contribution in [2.45, 2.75) is 59.3 Å². The van der Waals surface area contributed by atoms with Crippen LogP contribution in [0.4, 0.5) is 11.4 Å². The van der Waals surface area contributed by atoms with Crippen molar-refractivity contribution < 1.29 is 0 Å². The molecular formula is C37H41N3. The van der Waals surface area contributed by atoms with Crippen molar-refractivity contribution >= 4 is 22.8 Å². The number of allylic oxidation sites excluding steroid dienone is 3. The zero-order chi connectivity index (χ0) is 28.9. The lowest BCUT2D eigenvalue weighted by molar-refractivity contribution is 0.569. The Kier molecular flexibility index (Phi) is 8.54. The lowest BCUT2D eigenvalue weighted by Crippen LogP contribution is -2.25. The minimum atomic E-state index is -0.0367. The van der Waals surface area contributed by atoms with Crippen LogP contribution in [-0.2, 0) is 10.8 Å². The molecule has 0 saturated heterocycles. The van der Waals surface area contributed by atoms with Crippen LogP contribution in [0.3, 0.4) is 0 Å². The highest BCUT2D eigenvalue weighted by Gasteiger charge is 2.24. The number of amidine groups is 1. The van der Waals surface area contributed by atoms with Crippen LogP contribution in [0.1, 0.15) is 65.2 Å². The number of nitrogens with zero attached hydrogens (tertiary/aromatic N) is 2. The molecule has 0 aliphatic heterocycles. The van der Waals surface area contributed by atoms with Gasteiger partial charge >= 0.3 is 0 Å². The lowest BCUT2D eigenvalue weighted by Gasteiger charge is -2.30. The van der Waals surface area contributed by atoms with Gasteiger partial charge in [0.1, 0.15) is 5.84 Å². The van der Waals surface area contributed by atoms with E-state index in [9.17, 15) is 5.41 Å². The fourth-order valence-corrected chi connectivity index (χ4v) is 4.53. The van der Waals surface area contributed by atoms with Crippen molar-refractivity contribution in [2.24, 2.45) is 0 Å². The SMILES string of the molecule is C/C(=C\C=C/C(=N)N(c1cccc(-c2ccccn2)c1)c1cc(C(C)(C)C)cc(C(C)(C)C)c1)c1ccccc1. The lowest BCUT2D eigenvalue weighted by atomic mass is 9.80. The van der Waals surface area contributed by atoms with Gasteiger partial charge in [-0.05, 0) is 82.5 Å². The average Bonchev–Trinajstić information content (AvgIpc) is 2.93. The van der Waals surface area contributed by atoms with E-state index in [4.69, 9.17) is 0 Å². The van der Waals surface area contributed by atoms with Gasteiger partial charge in [-0.2, -0.15) is 0 Å². The molecule has 4 aromatic rings. The molecule has 0 saturated carbocycles. The van der Waals surface area contributed by atoms with Gasteiger partial charge in [-0.1, -0.05) is 108 Å². The summed E-state index contributed by atoms with van der Waals surface area (Å²) >= 11 is 0. The normalized spacial score (nSPS) is 12.5. The van der Waals surface area contributed by atoms with E-state index in [1.54, 1.807) is 0 Å². The van der Waals surface area contributed by atoms with Gasteiger partial charge < -0.3 is 0 Å². The molecule has 3 aromatic carbocycles. The van der Waals surface area contributed by atoms with Crippen molar-refractivity contribution in [1.82, 2.24) is 4.98 Å². The monoisotopic (exact) mass is 527 g/mol. The van der Waals surface area contributed by atoms with Crippen LogP contribution in [0.5, 0.6) is 0 Å². The van der Waals surface area contributed by atoms with Crippen molar-refractivity contribution in [1.29, 1.82) is 5.41 Å². The largest absolute Gasteiger partial charge is 0.295 e. The quantitative estimate of drug-likeness (QED) is 0.154. The highest BCUT2D eigenvalue weighted by Crippen LogP contribution is 2.37. The standard InChI is InChI=1S/C37H41N3/c1-27(28-16-9-8-10-17-28)15-13-21-35(38)40(32-19-14-18-29(23-32)34-20-11-12-22-39-34)33-25-30(36(2,3)4)24-31(26-33)37(5,6)7/h8-26,38H,1-7H3/b21-13-,27-15+,38-35?. The molecule has 40 heavy (non-hydrogen) atoms. The molecule has 1 heterocycles. The molecule has 3 nitrogen and oxygen atoms in total. The first-order valence-electron chi connectivity index (χ1n) is 13.9. The Morgan fingerprint density at radius 2 is 1.38 bits per heavy atom. The van der Waals surface area contributed by atoms with Crippen LogP contribution in [0.25, 0.3) is 16.8 Å². The van der Waals surface area contributed by atoms with E-state index >= 15 is 0 Å². The van der Waals surface area contributed by atoms with E-state index in [-0.39, 0.29) is 10.8 Å². The van der Waals surface area contributed by atoms with Crippen LogP contribution in [-0.4, -0.2) is 10.8 Å². The summed E-state index contributed by atoms with van der Waals surface area (Å²) < 4.78 is 0. The first kappa shape index (κ1) is 28.8. The van der Waals surface area contributed by atoms with Gasteiger partial charge in [-0.3, -0.25) is 15.3 Å². The molecule has 0 aliphatic carbocycles. The summed E-state index contributed by atoms with van der Waals surface area (Å²) in [6.07, 6.45) is 7.73. The number of benzene rings is 3. The van der Waals surface area contributed by atoms with Gasteiger partial charge in [-0.25, -0.2) is 0 Å². The molecule has 0 bridgehead atoms. The first-order chi connectivity index (χ1) is 18.9. The summed E-state index contributed by atoms with van der Waals surface area (Å²) in [5.74, 6) is 0.390. The average molecular weight is 528 g/mol. The number of anilines is 2. The van der Waals surface area contributed by atoms with Crippen LogP contribution in [0, 0.1) is 5.41 Å². The maximum absolute atomic E-state index is 9.29. The molecule has 4 rings (SSSR count). The number of hydrogen-bond acceptors (Lipinski definition) is 2. The highest BCUT2D eigenvalue weighted by atomic mass is 15.2. The van der Waals surface area contributed by atoms with Gasteiger partial charge in [0.25, 0.3) is 0 Å². The molecule has 0 spiro atoms. The molecule has 0 amide bonds. The van der Waals surface area contributed by atoms with E-state index in [2.05, 4.69) is 108 Å². The van der Waals surface area contributed by atoms with Crippen molar-refractivity contribution in [3.8, 4) is 11.3 Å². The van der Waals surface area contributed by atoms with Crippen LogP contribution in [0.15, 0.2) is 115 Å². The van der Waals surface area contributed by atoms with E-state index in [1.165, 1.54) is 16.7 Å². The predicted molar refractivity (Wildman–Crippen MR) is 173 cm³/mol. The number of rotatable bonds is 6. The topological polar surface area (TPSA) is 40.0 Å². The Morgan fingerprint density at radius 1 is 0.725 bits per heavy atom. The second kappa shape index (κ2) is 11.9. The molecule has 204 valence electrons. The third-order valence-corrected chi connectivity index (χ3v) is 7.04. The summed E-state index contributed by atoms with van der Waals surface area (Å²) in [5.41, 5.74) is 8.57. The number of hydrogen-bond donors (Lipinski definition) is 1. The van der Waals surface area contributed by atoms with E-state index in [0.29, 0.717) is 5.84 Å². The number of pyridine rings is 1. The molecule has 0 aliphatic rings. The van der Waals surface area contributed by atoms with Gasteiger partial charge in [0.2, 0.25) is 0 Å². The third kappa shape index (κ3) is 7.04. The summed E-state index contributed by atoms with van der Waals surface area (Å²) in [5, 5.41) is 9.29. The maximum atomic E-state index is 9.29. The highest BCUT2D eigenvalue weighted by molar-refractivity contribution is 6.09. The molecule has 0 fully saturated rings. The van der Waals surface area contributed by atoms with Gasteiger partial charge in [0, 0.05) is 23.1 Å². The third-order valence-electron chi connectivity index (χ3n) is 7.04. The minimum absolute atomic E-state index is 0.0367. The van der Waals surface area contributed by atoms with Crippen LogP contribution < -0.4 is 4.90 Å². The zero-order valence-corrected chi connectivity index (χ0v) is 24.9. The Morgan fingerprint density at radius 3 is 1.98 bits per heavy atom. The Bertz CT molecular complexity index is 1480. The predicted octanol–water partition coefficient (Wildman–Crippen LogP) is 10.1. The van der Waals surface area contributed by atoms with Crippen molar-refractivity contribution in [2.75, 3.05) is 4.90 Å². The van der Waals surface area contributed by atoms with Crippen LogP contribution >= 0.6 is 0 Å². The van der Waals surface area contributed by atoms with Gasteiger partial charge in [0.05, 0.1) is 5.69 Å². The number of aromatic nitrogens is 1. The summed E-state index contributed by atoms with van der Waals surface area (Å²) in [6, 6.07) is 31.4. The van der Waals surface area contributed by atoms with Gasteiger partial charge in [0.15, 0.2) is 0 Å². The Labute approximate surface area is 240 Å². The second-order valence-electron chi connectivity index (χ2n) is 12.3. The minimum Gasteiger partial charge on any atom is -0.295 e. The second-order valence-corrected chi connectivity index (χ2v) is 12.3. The van der Waals surface area contributed by atoms with Crippen molar-refractivity contribution in [3.05, 3.63) is 132 Å². The smallest absolute Gasteiger partial charge is 0.129 e. The Hall–Kier alpha value is -4.24. The van der Waals surface area contributed by atoms with E-state index < -0.39 is 0 Å². The summed E-state index contributed by atoms with van der Waals surface area (Å²) in [4.78, 5) is 6.60. The first-order valence-corrected chi connectivity index (χ1v) is 13.9. The van der Waals surface area contributed by atoms with Crippen molar-refractivity contribution in [3.63, 3.8) is 0 Å². The molecule has 1 aromatic heterocycles. The molecule has 0 unspecified atom stereocenters. The van der Waals surface area contributed by atoms with E-state index in [1.807, 2.05) is 65.7 Å². The summed E-state index contributed by atoms with van der Waals surface area (Å²) in [7, 11) is 0. The fraction of sp³-hybridized carbons (Fsp3) is 0.243. The maximum Gasteiger partial charge on any atom is 0.129 e. The molecule has 0 radical (unpaired) electrons.